The van der Waals surface area contributed by atoms with Crippen LogP contribution in [0, 0.1) is 0 Å². The van der Waals surface area contributed by atoms with Crippen LogP contribution in [0.1, 0.15) is 31.9 Å². The lowest BCUT2D eigenvalue weighted by molar-refractivity contribution is -0.138. The van der Waals surface area contributed by atoms with Crippen molar-refractivity contribution in [1.82, 2.24) is 9.80 Å². The quantitative estimate of drug-likeness (QED) is 0.436. The van der Waals surface area contributed by atoms with Gasteiger partial charge >= 0.3 is 18.4 Å². The van der Waals surface area contributed by atoms with Crippen LogP contribution >= 0.6 is 15.9 Å². The summed E-state index contributed by atoms with van der Waals surface area (Å²) in [7, 11) is 0. The Labute approximate surface area is 232 Å². The van der Waals surface area contributed by atoms with Gasteiger partial charge in [0, 0.05) is 48.6 Å². The van der Waals surface area contributed by atoms with E-state index in [0.29, 0.717) is 18.8 Å². The molecule has 0 bridgehead atoms. The fourth-order valence-corrected chi connectivity index (χ4v) is 4.20. The summed E-state index contributed by atoms with van der Waals surface area (Å²) in [6.07, 6.45) is -6.52. The van der Waals surface area contributed by atoms with E-state index in [1.165, 1.54) is 17.0 Å². The van der Waals surface area contributed by atoms with Gasteiger partial charge in [0.15, 0.2) is 0 Å². The van der Waals surface area contributed by atoms with Crippen molar-refractivity contribution in [2.24, 2.45) is 0 Å². The number of ether oxygens (including phenoxy) is 1. The summed E-state index contributed by atoms with van der Waals surface area (Å²) in [4.78, 5) is 40.9. The van der Waals surface area contributed by atoms with Gasteiger partial charge in [0.2, 0.25) is 5.91 Å². The molecule has 9 nitrogen and oxygen atoms in total. The van der Waals surface area contributed by atoms with Crippen LogP contribution in [-0.2, 0) is 22.3 Å². The van der Waals surface area contributed by atoms with Gasteiger partial charge in [0.1, 0.15) is 12.1 Å². The third kappa shape index (κ3) is 8.85. The van der Waals surface area contributed by atoms with Crippen molar-refractivity contribution < 1.29 is 37.4 Å². The number of benzene rings is 2. The third-order valence-corrected chi connectivity index (χ3v) is 6.32. The lowest BCUT2D eigenvalue weighted by atomic mass is 10.0. The Morgan fingerprint density at radius 3 is 2.18 bits per heavy atom. The molecule has 3 rings (SSSR count). The normalized spacial score (nSPS) is 14.6. The van der Waals surface area contributed by atoms with Gasteiger partial charge in [-0.15, -0.1) is 0 Å². The van der Waals surface area contributed by atoms with Gasteiger partial charge < -0.3 is 20.1 Å². The zero-order valence-electron chi connectivity index (χ0n) is 21.7. The number of hydrogen-bond acceptors (Lipinski definition) is 5. The number of carbonyl (C=O) groups excluding carboxylic acids is 2. The summed E-state index contributed by atoms with van der Waals surface area (Å²) < 4.78 is 47.9. The highest BCUT2D eigenvalue weighted by Gasteiger charge is 2.35. The number of carbonyl (C=O) groups is 3. The van der Waals surface area contributed by atoms with E-state index in [0.717, 1.165) is 15.4 Å². The summed E-state index contributed by atoms with van der Waals surface area (Å²) in [6, 6.07) is 10.1. The van der Waals surface area contributed by atoms with Crippen molar-refractivity contribution in [3.8, 4) is 0 Å². The molecular weight excluding hydrogens is 585 g/mol. The molecule has 0 unspecified atom stereocenters. The van der Waals surface area contributed by atoms with Gasteiger partial charge in [-0.25, -0.2) is 9.59 Å². The fourth-order valence-electron chi connectivity index (χ4n) is 3.94. The molecular formula is C26H30BrF3N4O5. The first-order valence-electron chi connectivity index (χ1n) is 12.1. The Morgan fingerprint density at radius 2 is 1.64 bits per heavy atom. The van der Waals surface area contributed by atoms with Crippen LogP contribution < -0.4 is 10.2 Å². The summed E-state index contributed by atoms with van der Waals surface area (Å²) in [6.45, 7) is 5.54. The average Bonchev–Trinajstić information content (AvgIpc) is 2.83. The van der Waals surface area contributed by atoms with Gasteiger partial charge in [-0.1, -0.05) is 22.0 Å². The molecule has 0 radical (unpaired) electrons. The van der Waals surface area contributed by atoms with Gasteiger partial charge in [0.25, 0.3) is 0 Å². The van der Waals surface area contributed by atoms with Crippen molar-refractivity contribution in [2.75, 3.05) is 42.9 Å². The summed E-state index contributed by atoms with van der Waals surface area (Å²) in [5.74, 6) is -0.713. The molecule has 2 aromatic carbocycles. The summed E-state index contributed by atoms with van der Waals surface area (Å²) >= 11 is 3.31. The van der Waals surface area contributed by atoms with E-state index in [-0.39, 0.29) is 30.9 Å². The number of nitrogens with one attached hydrogen (secondary N) is 1. The molecule has 1 heterocycles. The smallest absolute Gasteiger partial charge is 0.416 e. The van der Waals surface area contributed by atoms with Crippen molar-refractivity contribution in [1.29, 1.82) is 0 Å². The van der Waals surface area contributed by atoms with Crippen LogP contribution in [0.2, 0.25) is 0 Å². The molecule has 2 aromatic rings. The summed E-state index contributed by atoms with van der Waals surface area (Å²) in [5, 5.41) is 11.5. The Bertz CT molecular complexity index is 1190. The van der Waals surface area contributed by atoms with Crippen LogP contribution in [0.15, 0.2) is 46.9 Å². The number of nitrogens with zero attached hydrogens (tertiary/aromatic N) is 3. The van der Waals surface area contributed by atoms with Crippen molar-refractivity contribution in [3.63, 3.8) is 0 Å². The first kappa shape index (κ1) is 30.2. The molecule has 3 amide bonds. The maximum Gasteiger partial charge on any atom is 0.416 e. The topological polar surface area (TPSA) is 102 Å². The van der Waals surface area contributed by atoms with Crippen LogP contribution in [-0.4, -0.2) is 71.3 Å². The van der Waals surface area contributed by atoms with Gasteiger partial charge in [0.05, 0.1) is 5.56 Å². The molecule has 0 aliphatic carbocycles. The number of piperazine rings is 1. The minimum atomic E-state index is -4.68. The van der Waals surface area contributed by atoms with E-state index in [2.05, 4.69) is 21.2 Å². The molecule has 0 spiro atoms. The van der Waals surface area contributed by atoms with Crippen LogP contribution in [0.25, 0.3) is 0 Å². The summed E-state index contributed by atoms with van der Waals surface area (Å²) in [5.41, 5.74) is -1.44. The Kier molecular flexibility index (Phi) is 9.49. The number of rotatable bonds is 6. The molecule has 1 aliphatic heterocycles. The molecule has 39 heavy (non-hydrogen) atoms. The molecule has 1 saturated heterocycles. The number of carboxylic acid groups (broad SMARTS) is 1. The molecule has 13 heteroatoms. The monoisotopic (exact) mass is 614 g/mol. The van der Waals surface area contributed by atoms with E-state index >= 15 is 0 Å². The maximum absolute atomic E-state index is 13.9. The molecule has 0 aromatic heterocycles. The van der Waals surface area contributed by atoms with Gasteiger partial charge in [-0.2, -0.15) is 13.2 Å². The number of halogens is 4. The lowest BCUT2D eigenvalue weighted by Crippen LogP contribution is -2.47. The maximum atomic E-state index is 13.9. The van der Waals surface area contributed by atoms with Crippen molar-refractivity contribution >= 4 is 45.4 Å². The number of amides is 3. The first-order chi connectivity index (χ1) is 18.1. The minimum absolute atomic E-state index is 0.00881. The largest absolute Gasteiger partial charge is 0.465 e. The van der Waals surface area contributed by atoms with E-state index in [9.17, 15) is 27.6 Å². The molecule has 212 valence electrons. The van der Waals surface area contributed by atoms with E-state index in [1.807, 2.05) is 0 Å². The third-order valence-electron chi connectivity index (χ3n) is 5.79. The molecule has 1 aliphatic rings. The Balaban J connectivity index is 1.76. The van der Waals surface area contributed by atoms with Crippen molar-refractivity contribution in [3.05, 3.63) is 58.1 Å². The highest BCUT2D eigenvalue weighted by atomic mass is 79.9. The van der Waals surface area contributed by atoms with Crippen LogP contribution in [0.4, 0.5) is 34.1 Å². The number of alkyl halides is 3. The first-order valence-corrected chi connectivity index (χ1v) is 12.9. The van der Waals surface area contributed by atoms with E-state index < -0.39 is 42.0 Å². The molecule has 2 N–H and O–H groups in total. The zero-order chi connectivity index (χ0) is 29.0. The molecule has 0 atom stereocenters. The van der Waals surface area contributed by atoms with Crippen LogP contribution in [0.3, 0.4) is 0 Å². The Hall–Kier alpha value is -3.32. The highest BCUT2D eigenvalue weighted by molar-refractivity contribution is 9.10. The average molecular weight is 615 g/mol. The van der Waals surface area contributed by atoms with E-state index in [1.54, 1.807) is 49.9 Å². The zero-order valence-corrected chi connectivity index (χ0v) is 23.3. The minimum Gasteiger partial charge on any atom is -0.465 e. The highest BCUT2D eigenvalue weighted by Crippen LogP contribution is 2.34. The number of anilines is 2. The van der Waals surface area contributed by atoms with Crippen LogP contribution in [0.5, 0.6) is 0 Å². The SMILES string of the molecule is CC(C)(C)OC(=O)N(CC(=O)Nc1ccc(CN2CCN(C(=O)O)CC2)c(C(F)(F)F)c1)c1ccc(Br)cc1. The predicted octanol–water partition coefficient (Wildman–Crippen LogP) is 5.64. The molecule has 0 saturated carbocycles. The van der Waals surface area contributed by atoms with Gasteiger partial charge in [-0.3, -0.25) is 14.6 Å². The number of hydrogen-bond donors (Lipinski definition) is 2. The van der Waals surface area contributed by atoms with Gasteiger partial charge in [-0.05, 0) is 62.7 Å². The second-order valence-electron chi connectivity index (χ2n) is 10.0. The standard InChI is InChI=1S/C26H30BrF3N4O5/c1-25(2,3)39-24(38)34(20-8-5-18(27)6-9-20)16-22(35)31-19-7-4-17(21(14-19)26(28,29)30)15-32-10-12-33(13-11-32)23(36)37/h4-9,14H,10-13,15-16H2,1-3H3,(H,31,35)(H,36,37). The second kappa shape index (κ2) is 12.2. The Morgan fingerprint density at radius 1 is 1.03 bits per heavy atom. The fraction of sp³-hybridized carbons (Fsp3) is 0.423. The predicted molar refractivity (Wildman–Crippen MR) is 143 cm³/mol. The molecule has 1 fully saturated rings. The van der Waals surface area contributed by atoms with Crippen molar-refractivity contribution in [2.45, 2.75) is 39.1 Å². The lowest BCUT2D eigenvalue weighted by Gasteiger charge is -2.33. The van der Waals surface area contributed by atoms with E-state index in [4.69, 9.17) is 9.84 Å². The second-order valence-corrected chi connectivity index (χ2v) is 10.9.